The van der Waals surface area contributed by atoms with Gasteiger partial charge in [-0.1, -0.05) is 11.6 Å². The van der Waals surface area contributed by atoms with Crippen LogP contribution in [-0.2, 0) is 32.5 Å². The van der Waals surface area contributed by atoms with Gasteiger partial charge in [-0.05, 0) is 43.9 Å². The lowest BCUT2D eigenvalue weighted by atomic mass is 9.98. The predicted molar refractivity (Wildman–Crippen MR) is 130 cm³/mol. The molecule has 2 aliphatic heterocycles. The average molecular weight is 543 g/mol. The van der Waals surface area contributed by atoms with Gasteiger partial charge in [0.15, 0.2) is 0 Å². The summed E-state index contributed by atoms with van der Waals surface area (Å²) in [6, 6.07) is 5.19. The molecule has 0 aliphatic carbocycles. The number of nitriles is 1. The fourth-order valence-electron chi connectivity index (χ4n) is 4.13. The second-order valence-corrected chi connectivity index (χ2v) is 12.9. The minimum atomic E-state index is -3.73. The molecule has 4 rings (SSSR count). The van der Waals surface area contributed by atoms with E-state index in [1.54, 1.807) is 11.8 Å². The highest BCUT2D eigenvalue weighted by Crippen LogP contribution is 2.37. The number of piperidine rings is 1. The highest BCUT2D eigenvalue weighted by molar-refractivity contribution is 7.91. The van der Waals surface area contributed by atoms with Gasteiger partial charge in [0.2, 0.25) is 5.91 Å². The van der Waals surface area contributed by atoms with Crippen molar-refractivity contribution in [2.24, 2.45) is 5.92 Å². The number of hydrogen-bond donors (Lipinski definition) is 1. The topological polar surface area (TPSA) is 120 Å². The van der Waals surface area contributed by atoms with Crippen LogP contribution in [0, 0.1) is 17.2 Å². The number of thiophene rings is 2. The summed E-state index contributed by atoms with van der Waals surface area (Å²) >= 11 is 8.17. The Hall–Kier alpha value is -2.17. The Morgan fingerprint density at radius 3 is 2.79 bits per heavy atom. The van der Waals surface area contributed by atoms with Gasteiger partial charge in [-0.25, -0.2) is 13.2 Å². The number of carbonyl (C=O) groups excluding carboxylic acids is 2. The highest BCUT2D eigenvalue weighted by atomic mass is 35.5. The summed E-state index contributed by atoms with van der Waals surface area (Å²) in [5.74, 6) is -0.859. The number of ether oxygens (including phenoxy) is 1. The quantitative estimate of drug-likeness (QED) is 0.612. The van der Waals surface area contributed by atoms with E-state index in [4.69, 9.17) is 16.3 Å². The zero-order valence-corrected chi connectivity index (χ0v) is 21.6. The number of carbonyl (C=O) groups is 2. The maximum atomic E-state index is 13.1. The average Bonchev–Trinajstić information content (AvgIpc) is 3.42. The standard InChI is InChI=1S/C21H23ClN4O5S3/c1-2-31-21(28)25-9-7-14-15(10-23)20(32-16(14)12-25)24-19(27)13-4-3-8-26(11-13)34(29,30)18-6-5-17(22)33-18/h5-6,13H,2-4,7-9,11-12H2,1H3,(H,24,27). The number of anilines is 1. The maximum Gasteiger partial charge on any atom is 0.410 e. The number of fused-ring (bicyclic) bond motifs is 1. The smallest absolute Gasteiger partial charge is 0.410 e. The molecule has 1 N–H and O–H groups in total. The van der Waals surface area contributed by atoms with Gasteiger partial charge in [0.25, 0.3) is 10.0 Å². The van der Waals surface area contributed by atoms with Crippen molar-refractivity contribution in [2.45, 2.75) is 36.9 Å². The fourth-order valence-corrected chi connectivity index (χ4v) is 8.51. The van der Waals surface area contributed by atoms with Gasteiger partial charge in [-0.2, -0.15) is 9.57 Å². The van der Waals surface area contributed by atoms with Crippen LogP contribution in [0.15, 0.2) is 16.3 Å². The molecule has 1 fully saturated rings. The molecule has 9 nitrogen and oxygen atoms in total. The Morgan fingerprint density at radius 1 is 1.32 bits per heavy atom. The van der Waals surface area contributed by atoms with E-state index in [-0.39, 0.29) is 23.3 Å². The number of nitrogens with one attached hydrogen (secondary N) is 1. The molecule has 0 radical (unpaired) electrons. The number of hydrogen-bond acceptors (Lipinski definition) is 8. The van der Waals surface area contributed by atoms with Gasteiger partial charge in [-0.3, -0.25) is 4.79 Å². The van der Waals surface area contributed by atoms with Crippen LogP contribution in [0.1, 0.15) is 35.8 Å². The van der Waals surface area contributed by atoms with Crippen LogP contribution in [0.3, 0.4) is 0 Å². The third-order valence-corrected chi connectivity index (χ3v) is 10.5. The molecule has 0 aromatic carbocycles. The predicted octanol–water partition coefficient (Wildman–Crippen LogP) is 3.89. The number of halogens is 1. The molecule has 1 atom stereocenters. The number of nitrogens with zero attached hydrogens (tertiary/aromatic N) is 3. The van der Waals surface area contributed by atoms with Crippen molar-refractivity contribution in [2.75, 3.05) is 31.6 Å². The van der Waals surface area contributed by atoms with E-state index in [1.165, 1.54) is 27.8 Å². The normalized spacial score (nSPS) is 18.7. The molecule has 0 saturated carbocycles. The Morgan fingerprint density at radius 2 is 2.12 bits per heavy atom. The van der Waals surface area contributed by atoms with Crippen LogP contribution in [0.5, 0.6) is 0 Å². The highest BCUT2D eigenvalue weighted by Gasteiger charge is 2.35. The van der Waals surface area contributed by atoms with E-state index < -0.39 is 22.0 Å². The molecule has 0 bridgehead atoms. The molecule has 34 heavy (non-hydrogen) atoms. The van der Waals surface area contributed by atoms with E-state index in [1.807, 2.05) is 0 Å². The molecule has 0 spiro atoms. The van der Waals surface area contributed by atoms with Crippen molar-refractivity contribution in [1.29, 1.82) is 5.26 Å². The van der Waals surface area contributed by atoms with E-state index in [0.29, 0.717) is 53.8 Å². The Balaban J connectivity index is 1.48. The van der Waals surface area contributed by atoms with Crippen molar-refractivity contribution in [3.05, 3.63) is 32.5 Å². The van der Waals surface area contributed by atoms with Gasteiger partial charge < -0.3 is 15.0 Å². The summed E-state index contributed by atoms with van der Waals surface area (Å²) in [5.41, 5.74) is 1.25. The SMILES string of the molecule is CCOC(=O)N1CCc2c(sc(NC(=O)C3CCCN(S(=O)(=O)c4ccc(Cl)s4)C3)c2C#N)C1. The van der Waals surface area contributed by atoms with Crippen LogP contribution >= 0.6 is 34.3 Å². The molecule has 4 heterocycles. The summed E-state index contributed by atoms with van der Waals surface area (Å²) in [6.45, 7) is 3.18. The Labute approximate surface area is 210 Å². The maximum absolute atomic E-state index is 13.1. The number of rotatable bonds is 5. The van der Waals surface area contributed by atoms with Crippen LogP contribution < -0.4 is 5.32 Å². The van der Waals surface area contributed by atoms with E-state index >= 15 is 0 Å². The van der Waals surface area contributed by atoms with Gasteiger partial charge >= 0.3 is 6.09 Å². The van der Waals surface area contributed by atoms with Gasteiger partial charge in [0.1, 0.15) is 15.3 Å². The summed E-state index contributed by atoms with van der Waals surface area (Å²) in [5, 5.41) is 13.0. The summed E-state index contributed by atoms with van der Waals surface area (Å²) < 4.78 is 32.8. The first-order valence-corrected chi connectivity index (χ1v) is 14.2. The lowest BCUT2D eigenvalue weighted by Crippen LogP contribution is -2.43. The molecule has 1 saturated heterocycles. The molecule has 13 heteroatoms. The van der Waals surface area contributed by atoms with Crippen LogP contribution in [0.4, 0.5) is 9.80 Å². The molecule has 2 aromatic rings. The summed E-state index contributed by atoms with van der Waals surface area (Å²) in [7, 11) is -3.73. The third-order valence-electron chi connectivity index (χ3n) is 5.83. The largest absolute Gasteiger partial charge is 0.450 e. The second kappa shape index (κ2) is 10.2. The molecule has 182 valence electrons. The van der Waals surface area contributed by atoms with Crippen LogP contribution in [0.2, 0.25) is 4.34 Å². The van der Waals surface area contributed by atoms with Crippen molar-refractivity contribution in [3.63, 3.8) is 0 Å². The van der Waals surface area contributed by atoms with Gasteiger partial charge in [0.05, 0.1) is 29.0 Å². The summed E-state index contributed by atoms with van der Waals surface area (Å²) in [4.78, 5) is 27.6. The lowest BCUT2D eigenvalue weighted by Gasteiger charge is -2.30. The van der Waals surface area contributed by atoms with Crippen molar-refractivity contribution < 1.29 is 22.7 Å². The van der Waals surface area contributed by atoms with Crippen molar-refractivity contribution >= 4 is 61.3 Å². The molecule has 2 aromatic heterocycles. The number of amides is 2. The van der Waals surface area contributed by atoms with E-state index in [0.717, 1.165) is 21.8 Å². The van der Waals surface area contributed by atoms with Crippen molar-refractivity contribution in [3.8, 4) is 6.07 Å². The molecular weight excluding hydrogens is 520 g/mol. The minimum absolute atomic E-state index is 0.0628. The second-order valence-electron chi connectivity index (χ2n) is 7.94. The van der Waals surface area contributed by atoms with Gasteiger partial charge in [-0.15, -0.1) is 22.7 Å². The van der Waals surface area contributed by atoms with Crippen LogP contribution in [-0.4, -0.2) is 55.9 Å². The molecule has 1 unspecified atom stereocenters. The van der Waals surface area contributed by atoms with E-state index in [2.05, 4.69) is 11.4 Å². The van der Waals surface area contributed by atoms with E-state index in [9.17, 15) is 23.3 Å². The van der Waals surface area contributed by atoms with Crippen LogP contribution in [0.25, 0.3) is 0 Å². The van der Waals surface area contributed by atoms with Gasteiger partial charge in [0, 0.05) is 24.5 Å². The number of sulfonamides is 1. The van der Waals surface area contributed by atoms with Crippen molar-refractivity contribution in [1.82, 2.24) is 9.21 Å². The minimum Gasteiger partial charge on any atom is -0.450 e. The molecule has 2 amide bonds. The Bertz CT molecular complexity index is 1250. The fraction of sp³-hybridized carbons (Fsp3) is 0.476. The lowest BCUT2D eigenvalue weighted by molar-refractivity contribution is -0.120. The zero-order valence-electron chi connectivity index (χ0n) is 18.4. The summed E-state index contributed by atoms with van der Waals surface area (Å²) in [6.07, 6.45) is 1.20. The molecular formula is C21H23ClN4O5S3. The molecule has 2 aliphatic rings. The first kappa shape index (κ1) is 24.9. The first-order chi connectivity index (χ1) is 16.2. The first-order valence-electron chi connectivity index (χ1n) is 10.8. The zero-order chi connectivity index (χ0) is 24.5. The Kier molecular flexibility index (Phi) is 7.49. The monoisotopic (exact) mass is 542 g/mol. The third kappa shape index (κ3) is 4.94.